The summed E-state index contributed by atoms with van der Waals surface area (Å²) in [5.41, 5.74) is 4.94. The van der Waals surface area contributed by atoms with Crippen LogP contribution in [0.5, 0.6) is 0 Å². The van der Waals surface area contributed by atoms with E-state index in [1.165, 1.54) is 0 Å². The van der Waals surface area contributed by atoms with Gasteiger partial charge in [0, 0.05) is 17.1 Å². The number of aryl methyl sites for hydroxylation is 2. The summed E-state index contributed by atoms with van der Waals surface area (Å²) in [5, 5.41) is 19.2. The minimum absolute atomic E-state index is 0.206. The zero-order valence-corrected chi connectivity index (χ0v) is 16.5. The van der Waals surface area contributed by atoms with Gasteiger partial charge in [0.15, 0.2) is 0 Å². The number of rotatable bonds is 5. The number of nitrogens with one attached hydrogen (secondary N) is 2. The fourth-order valence-electron chi connectivity index (χ4n) is 3.05. The highest BCUT2D eigenvalue weighted by Gasteiger charge is 2.27. The molecule has 0 aliphatic carbocycles. The lowest BCUT2D eigenvalue weighted by atomic mass is 10.1. The van der Waals surface area contributed by atoms with Crippen molar-refractivity contribution < 1.29 is 14.7 Å². The van der Waals surface area contributed by atoms with Gasteiger partial charge in [0.2, 0.25) is 0 Å². The van der Waals surface area contributed by atoms with Crippen LogP contribution in [0.15, 0.2) is 18.2 Å². The van der Waals surface area contributed by atoms with Gasteiger partial charge in [-0.3, -0.25) is 9.59 Å². The van der Waals surface area contributed by atoms with Crippen LogP contribution in [0.4, 0.5) is 5.82 Å². The summed E-state index contributed by atoms with van der Waals surface area (Å²) in [5.74, 6) is 0.548. The molecule has 1 aromatic heterocycles. The number of thioether (sulfide) groups is 1. The number of aromatic nitrogens is 2. The van der Waals surface area contributed by atoms with Gasteiger partial charge in [-0.1, -0.05) is 24.6 Å². The van der Waals surface area contributed by atoms with Crippen LogP contribution in [0, 0.1) is 13.8 Å². The quantitative estimate of drug-likeness (QED) is 0.682. The molecule has 0 fully saturated rings. The molecule has 1 atom stereocenters. The Morgan fingerprint density at radius 1 is 1.30 bits per heavy atom. The lowest BCUT2D eigenvalue weighted by molar-refractivity contribution is -0.136. The highest BCUT2D eigenvalue weighted by molar-refractivity contribution is 7.98. The molecule has 1 aliphatic heterocycles. The number of fused-ring (bicyclic) bond motifs is 1. The third-order valence-electron chi connectivity index (χ3n) is 4.62. The molecule has 2 amide bonds. The summed E-state index contributed by atoms with van der Waals surface area (Å²) in [4.78, 5) is 24.6. The molecule has 144 valence electrons. The maximum absolute atomic E-state index is 12.4. The van der Waals surface area contributed by atoms with Crippen LogP contribution < -0.4 is 10.6 Å². The summed E-state index contributed by atoms with van der Waals surface area (Å²) in [6, 6.07) is 5.58. The second-order valence-electron chi connectivity index (χ2n) is 6.68. The summed E-state index contributed by atoms with van der Waals surface area (Å²) in [6.07, 6.45) is 0.544. The summed E-state index contributed by atoms with van der Waals surface area (Å²) in [6.45, 7) is 5.64. The predicted molar refractivity (Wildman–Crippen MR) is 106 cm³/mol. The van der Waals surface area contributed by atoms with Gasteiger partial charge in [-0.25, -0.2) is 4.68 Å². The summed E-state index contributed by atoms with van der Waals surface area (Å²) < 4.78 is 1.72. The van der Waals surface area contributed by atoms with Crippen molar-refractivity contribution in [3.63, 3.8) is 0 Å². The Hall–Kier alpha value is -2.32. The number of aliphatic hydroxyl groups excluding tert-OH is 1. The SMILES string of the molecule is CC[C@@H](CO)NC(=O)C(=O)Nc1c2c(nn1-c1ccc(C)cc1C)CSC2. The maximum atomic E-state index is 12.4. The first-order valence-electron chi connectivity index (χ1n) is 8.93. The van der Waals surface area contributed by atoms with E-state index < -0.39 is 17.9 Å². The van der Waals surface area contributed by atoms with Gasteiger partial charge in [0.25, 0.3) is 0 Å². The number of nitrogens with zero attached hydrogens (tertiary/aromatic N) is 2. The van der Waals surface area contributed by atoms with E-state index in [0.29, 0.717) is 12.2 Å². The molecule has 0 saturated heterocycles. The third-order valence-corrected chi connectivity index (χ3v) is 5.59. The van der Waals surface area contributed by atoms with Crippen LogP contribution in [0.2, 0.25) is 0 Å². The van der Waals surface area contributed by atoms with Crippen molar-refractivity contribution in [2.45, 2.75) is 44.7 Å². The van der Waals surface area contributed by atoms with Crippen LogP contribution >= 0.6 is 11.8 Å². The first kappa shape index (κ1) is 19.4. The number of amides is 2. The molecule has 1 aromatic carbocycles. The molecular formula is C19H24N4O3S. The standard InChI is InChI=1S/C19H24N4O3S/c1-4-13(8-24)20-18(25)19(26)21-17-14-9-27-10-15(14)22-23(17)16-6-5-11(2)7-12(16)3/h5-7,13,24H,4,8-10H2,1-3H3,(H,20,25)(H,21,26)/t13-/m0/s1. The van der Waals surface area contributed by atoms with E-state index in [1.54, 1.807) is 16.4 Å². The lowest BCUT2D eigenvalue weighted by Gasteiger charge is -2.15. The number of benzene rings is 1. The molecule has 0 bridgehead atoms. The molecule has 2 aromatic rings. The topological polar surface area (TPSA) is 96.2 Å². The van der Waals surface area contributed by atoms with Crippen molar-refractivity contribution in [2.24, 2.45) is 0 Å². The second-order valence-corrected chi connectivity index (χ2v) is 7.67. The molecule has 0 unspecified atom stereocenters. The lowest BCUT2D eigenvalue weighted by Crippen LogP contribution is -2.43. The Labute approximate surface area is 162 Å². The van der Waals surface area contributed by atoms with Gasteiger partial charge >= 0.3 is 11.8 Å². The number of aliphatic hydroxyl groups is 1. The van der Waals surface area contributed by atoms with Crippen LogP contribution in [-0.2, 0) is 21.1 Å². The van der Waals surface area contributed by atoms with E-state index in [9.17, 15) is 14.7 Å². The molecule has 7 nitrogen and oxygen atoms in total. The molecule has 3 rings (SSSR count). The number of carbonyl (C=O) groups is 2. The molecule has 2 heterocycles. The van der Waals surface area contributed by atoms with Gasteiger partial charge in [0.05, 0.1) is 24.0 Å². The second kappa shape index (κ2) is 8.14. The van der Waals surface area contributed by atoms with E-state index in [2.05, 4.69) is 21.8 Å². The fourth-order valence-corrected chi connectivity index (χ4v) is 4.09. The van der Waals surface area contributed by atoms with Gasteiger partial charge in [-0.15, -0.1) is 0 Å². The predicted octanol–water partition coefficient (Wildman–Crippen LogP) is 2.06. The summed E-state index contributed by atoms with van der Waals surface area (Å²) >= 11 is 1.73. The third kappa shape index (κ3) is 4.01. The van der Waals surface area contributed by atoms with E-state index in [-0.39, 0.29) is 6.61 Å². The first-order valence-corrected chi connectivity index (χ1v) is 10.1. The van der Waals surface area contributed by atoms with E-state index in [0.717, 1.165) is 39.6 Å². The monoisotopic (exact) mass is 388 g/mol. The highest BCUT2D eigenvalue weighted by atomic mass is 32.2. The van der Waals surface area contributed by atoms with Crippen molar-refractivity contribution in [3.05, 3.63) is 40.6 Å². The Bertz CT molecular complexity index is 874. The van der Waals surface area contributed by atoms with Crippen molar-refractivity contribution >= 4 is 29.4 Å². The Morgan fingerprint density at radius 2 is 2.07 bits per heavy atom. The van der Waals surface area contributed by atoms with E-state index >= 15 is 0 Å². The normalized spacial score (nSPS) is 13.9. The zero-order chi connectivity index (χ0) is 19.6. The molecule has 1 aliphatic rings. The van der Waals surface area contributed by atoms with Crippen LogP contribution in [0.25, 0.3) is 5.69 Å². The average Bonchev–Trinajstić information content (AvgIpc) is 3.22. The van der Waals surface area contributed by atoms with Gasteiger partial charge in [-0.2, -0.15) is 16.9 Å². The van der Waals surface area contributed by atoms with Crippen molar-refractivity contribution in [3.8, 4) is 5.69 Å². The van der Waals surface area contributed by atoms with Crippen LogP contribution in [-0.4, -0.2) is 39.4 Å². The van der Waals surface area contributed by atoms with Crippen LogP contribution in [0.3, 0.4) is 0 Å². The molecule has 3 N–H and O–H groups in total. The highest BCUT2D eigenvalue weighted by Crippen LogP contribution is 2.36. The molecular weight excluding hydrogens is 364 g/mol. The fraction of sp³-hybridized carbons (Fsp3) is 0.421. The number of hydrogen-bond donors (Lipinski definition) is 3. The van der Waals surface area contributed by atoms with Crippen LogP contribution in [0.1, 0.15) is 35.7 Å². The number of hydrogen-bond acceptors (Lipinski definition) is 5. The Balaban J connectivity index is 1.91. The largest absolute Gasteiger partial charge is 0.394 e. The maximum Gasteiger partial charge on any atom is 0.314 e. The minimum atomic E-state index is -0.760. The Morgan fingerprint density at radius 3 is 2.74 bits per heavy atom. The van der Waals surface area contributed by atoms with Crippen molar-refractivity contribution in [2.75, 3.05) is 11.9 Å². The van der Waals surface area contributed by atoms with E-state index in [1.807, 2.05) is 32.9 Å². The van der Waals surface area contributed by atoms with Crippen molar-refractivity contribution in [1.29, 1.82) is 0 Å². The minimum Gasteiger partial charge on any atom is -0.394 e. The molecule has 0 saturated carbocycles. The zero-order valence-electron chi connectivity index (χ0n) is 15.7. The molecule has 8 heteroatoms. The smallest absolute Gasteiger partial charge is 0.314 e. The molecule has 0 radical (unpaired) electrons. The average molecular weight is 388 g/mol. The van der Waals surface area contributed by atoms with Gasteiger partial charge in [-0.05, 0) is 31.9 Å². The number of carbonyl (C=O) groups excluding carboxylic acids is 2. The molecule has 27 heavy (non-hydrogen) atoms. The van der Waals surface area contributed by atoms with Gasteiger partial charge < -0.3 is 15.7 Å². The Kier molecular flexibility index (Phi) is 5.86. The van der Waals surface area contributed by atoms with Crippen molar-refractivity contribution in [1.82, 2.24) is 15.1 Å². The first-order chi connectivity index (χ1) is 12.9. The summed E-state index contributed by atoms with van der Waals surface area (Å²) in [7, 11) is 0. The van der Waals surface area contributed by atoms with Gasteiger partial charge in [0.1, 0.15) is 5.82 Å². The van der Waals surface area contributed by atoms with E-state index in [4.69, 9.17) is 0 Å². The number of anilines is 1. The molecule has 0 spiro atoms.